The van der Waals surface area contributed by atoms with Crippen LogP contribution in [-0.4, -0.2) is 11.6 Å². The number of benzene rings is 2. The van der Waals surface area contributed by atoms with Crippen LogP contribution in [0.1, 0.15) is 23.3 Å². The molecule has 0 saturated carbocycles. The van der Waals surface area contributed by atoms with E-state index < -0.39 is 11.6 Å². The summed E-state index contributed by atoms with van der Waals surface area (Å²) < 4.78 is 0. The molecule has 0 bridgehead atoms. The van der Waals surface area contributed by atoms with Crippen molar-refractivity contribution >= 4 is 28.4 Å². The van der Waals surface area contributed by atoms with Crippen LogP contribution in [0.2, 0.25) is 0 Å². The van der Waals surface area contributed by atoms with Crippen molar-refractivity contribution in [1.29, 1.82) is 0 Å². The maximum Gasteiger partial charge on any atom is 0.233 e. The zero-order valence-corrected chi connectivity index (χ0v) is 8.44. The molecular weight excluding hydrogens is 212 g/mol. The zero-order chi connectivity index (χ0) is 11.1. The van der Waals surface area contributed by atoms with Crippen LogP contribution >= 0.6 is 0 Å². The van der Waals surface area contributed by atoms with Crippen LogP contribution in [0.5, 0.6) is 0 Å². The number of rotatable bonds is 0. The Morgan fingerprint density at radius 2 is 1.47 bits per heavy atom. The minimum Gasteiger partial charge on any atom is -0.286 e. The van der Waals surface area contributed by atoms with Gasteiger partial charge in [-0.2, -0.15) is 0 Å². The molecule has 0 spiro atoms. The minimum absolute atomic E-state index is 0. The van der Waals surface area contributed by atoms with Gasteiger partial charge in [0.2, 0.25) is 11.6 Å². The SMILES string of the molecule is C.O=C1C=Cc2cc3ccccc3cc2C1=O. The molecule has 0 N–H and O–H groups in total. The summed E-state index contributed by atoms with van der Waals surface area (Å²) in [6.07, 6.45) is 3.03. The van der Waals surface area contributed by atoms with E-state index in [0.717, 1.165) is 16.3 Å². The fourth-order valence-corrected chi connectivity index (χ4v) is 1.97. The van der Waals surface area contributed by atoms with Crippen LogP contribution in [0.3, 0.4) is 0 Å². The lowest BCUT2D eigenvalue weighted by atomic mass is 9.92. The first-order valence-corrected chi connectivity index (χ1v) is 5.05. The number of ketones is 2. The molecule has 84 valence electrons. The van der Waals surface area contributed by atoms with Crippen LogP contribution in [0.25, 0.3) is 16.8 Å². The van der Waals surface area contributed by atoms with E-state index in [1.807, 2.05) is 30.3 Å². The first-order chi connectivity index (χ1) is 7.75. The average molecular weight is 224 g/mol. The van der Waals surface area contributed by atoms with Crippen molar-refractivity contribution in [2.45, 2.75) is 7.43 Å². The molecule has 2 nitrogen and oxygen atoms in total. The Kier molecular flexibility index (Phi) is 2.64. The van der Waals surface area contributed by atoms with Crippen LogP contribution < -0.4 is 0 Å². The molecule has 2 aromatic rings. The predicted molar refractivity (Wildman–Crippen MR) is 69.1 cm³/mol. The molecule has 0 heterocycles. The molecule has 0 unspecified atom stereocenters. The molecule has 0 aromatic heterocycles. The summed E-state index contributed by atoms with van der Waals surface area (Å²) >= 11 is 0. The van der Waals surface area contributed by atoms with Crippen LogP contribution in [0.4, 0.5) is 0 Å². The molecule has 0 amide bonds. The van der Waals surface area contributed by atoms with Crippen molar-refractivity contribution in [2.75, 3.05) is 0 Å². The molecular formula is C15H12O2. The van der Waals surface area contributed by atoms with Gasteiger partial charge in [-0.1, -0.05) is 37.8 Å². The van der Waals surface area contributed by atoms with E-state index in [1.54, 1.807) is 12.1 Å². The van der Waals surface area contributed by atoms with E-state index in [4.69, 9.17) is 0 Å². The lowest BCUT2D eigenvalue weighted by Gasteiger charge is -2.09. The van der Waals surface area contributed by atoms with E-state index in [0.29, 0.717) is 5.56 Å². The van der Waals surface area contributed by atoms with Gasteiger partial charge in [-0.15, -0.1) is 0 Å². The Hall–Kier alpha value is -2.22. The van der Waals surface area contributed by atoms with Gasteiger partial charge in [-0.3, -0.25) is 9.59 Å². The molecule has 1 aliphatic carbocycles. The third-order valence-corrected chi connectivity index (χ3v) is 2.80. The summed E-state index contributed by atoms with van der Waals surface area (Å²) in [5.74, 6) is -0.856. The molecule has 0 aliphatic heterocycles. The number of fused-ring (bicyclic) bond motifs is 2. The molecule has 1 aliphatic rings. The van der Waals surface area contributed by atoms with Crippen LogP contribution in [0.15, 0.2) is 42.5 Å². The van der Waals surface area contributed by atoms with Gasteiger partial charge in [-0.25, -0.2) is 0 Å². The molecule has 0 fully saturated rings. The zero-order valence-electron chi connectivity index (χ0n) is 8.44. The quantitative estimate of drug-likeness (QED) is 0.644. The lowest BCUT2D eigenvalue weighted by molar-refractivity contribution is -0.110. The van der Waals surface area contributed by atoms with Crippen molar-refractivity contribution < 1.29 is 9.59 Å². The smallest absolute Gasteiger partial charge is 0.233 e. The summed E-state index contributed by atoms with van der Waals surface area (Å²) in [7, 11) is 0. The largest absolute Gasteiger partial charge is 0.286 e. The standard InChI is InChI=1S/C14H8O2.CH4/c15-13-6-5-11-7-9-3-1-2-4-10(9)8-12(11)14(13)16;/h1-8H;1H4. The Balaban J connectivity index is 0.00000108. The third kappa shape index (κ3) is 1.68. The predicted octanol–water partition coefficient (Wildman–Crippen LogP) is 3.25. The molecule has 0 saturated heterocycles. The van der Waals surface area contributed by atoms with E-state index >= 15 is 0 Å². The van der Waals surface area contributed by atoms with Crippen molar-refractivity contribution in [3.63, 3.8) is 0 Å². The number of allylic oxidation sites excluding steroid dienone is 1. The van der Waals surface area contributed by atoms with Gasteiger partial charge < -0.3 is 0 Å². The summed E-state index contributed by atoms with van der Waals surface area (Å²) in [6, 6.07) is 11.5. The second-order valence-corrected chi connectivity index (χ2v) is 3.81. The fraction of sp³-hybridized carbons (Fsp3) is 0.0667. The molecule has 0 atom stereocenters. The molecule has 17 heavy (non-hydrogen) atoms. The average Bonchev–Trinajstić information content (AvgIpc) is 2.32. The Morgan fingerprint density at radius 3 is 2.18 bits per heavy atom. The number of carbonyl (C=O) groups is 2. The van der Waals surface area contributed by atoms with Gasteiger partial charge in [0.05, 0.1) is 0 Å². The second kappa shape index (κ2) is 3.98. The highest BCUT2D eigenvalue weighted by Crippen LogP contribution is 2.24. The number of hydrogen-bond acceptors (Lipinski definition) is 2. The Labute approximate surface area is 99.6 Å². The number of hydrogen-bond donors (Lipinski definition) is 0. The van der Waals surface area contributed by atoms with Crippen LogP contribution in [0, 0.1) is 0 Å². The summed E-state index contributed by atoms with van der Waals surface area (Å²) in [6.45, 7) is 0. The van der Waals surface area contributed by atoms with E-state index in [2.05, 4.69) is 0 Å². The third-order valence-electron chi connectivity index (χ3n) is 2.80. The van der Waals surface area contributed by atoms with Crippen molar-refractivity contribution in [3.05, 3.63) is 53.6 Å². The number of carbonyl (C=O) groups excluding carboxylic acids is 2. The van der Waals surface area contributed by atoms with Gasteiger partial charge in [0.1, 0.15) is 0 Å². The van der Waals surface area contributed by atoms with Gasteiger partial charge in [0.15, 0.2) is 0 Å². The first-order valence-electron chi connectivity index (χ1n) is 5.05. The monoisotopic (exact) mass is 224 g/mol. The van der Waals surface area contributed by atoms with Crippen molar-refractivity contribution in [3.8, 4) is 0 Å². The summed E-state index contributed by atoms with van der Waals surface area (Å²) in [4.78, 5) is 22.9. The summed E-state index contributed by atoms with van der Waals surface area (Å²) in [5, 5.41) is 2.06. The molecule has 0 radical (unpaired) electrons. The first kappa shape index (κ1) is 11.3. The van der Waals surface area contributed by atoms with E-state index in [-0.39, 0.29) is 7.43 Å². The lowest BCUT2D eigenvalue weighted by Crippen LogP contribution is -2.15. The van der Waals surface area contributed by atoms with Gasteiger partial charge in [0.25, 0.3) is 0 Å². The maximum absolute atomic E-state index is 11.7. The highest BCUT2D eigenvalue weighted by atomic mass is 16.2. The normalized spacial score (nSPS) is 13.4. The molecule has 2 heteroatoms. The molecule has 3 rings (SSSR count). The van der Waals surface area contributed by atoms with Gasteiger partial charge in [-0.05, 0) is 34.5 Å². The highest BCUT2D eigenvalue weighted by Gasteiger charge is 2.20. The van der Waals surface area contributed by atoms with Crippen molar-refractivity contribution in [2.24, 2.45) is 0 Å². The van der Waals surface area contributed by atoms with Gasteiger partial charge >= 0.3 is 0 Å². The van der Waals surface area contributed by atoms with E-state index in [1.165, 1.54) is 6.08 Å². The van der Waals surface area contributed by atoms with Crippen molar-refractivity contribution in [1.82, 2.24) is 0 Å². The Morgan fingerprint density at radius 1 is 0.824 bits per heavy atom. The molecule has 2 aromatic carbocycles. The van der Waals surface area contributed by atoms with Gasteiger partial charge in [0, 0.05) is 5.56 Å². The number of Topliss-reactive ketones (excluding diaryl/α,β-unsaturated/α-hetero) is 1. The Bertz CT molecular complexity index is 651. The topological polar surface area (TPSA) is 34.1 Å². The fourth-order valence-electron chi connectivity index (χ4n) is 1.97. The summed E-state index contributed by atoms with van der Waals surface area (Å²) in [5.41, 5.74) is 1.33. The van der Waals surface area contributed by atoms with Crippen LogP contribution in [-0.2, 0) is 4.79 Å². The highest BCUT2D eigenvalue weighted by molar-refractivity contribution is 6.50. The maximum atomic E-state index is 11.7. The minimum atomic E-state index is -0.442. The second-order valence-electron chi connectivity index (χ2n) is 3.81. The van der Waals surface area contributed by atoms with E-state index in [9.17, 15) is 9.59 Å².